The van der Waals surface area contributed by atoms with E-state index in [4.69, 9.17) is 4.74 Å². The van der Waals surface area contributed by atoms with Crippen molar-refractivity contribution >= 4 is 22.7 Å². The summed E-state index contributed by atoms with van der Waals surface area (Å²) in [6.07, 6.45) is 0.976. The molecule has 3 rings (SSSR count). The van der Waals surface area contributed by atoms with Crippen LogP contribution in [-0.2, 0) is 0 Å². The van der Waals surface area contributed by atoms with Crippen LogP contribution in [0, 0.1) is 0 Å². The molecule has 3 aromatic carbocycles. The second kappa shape index (κ2) is 8.11. The molecule has 3 N–H and O–H groups in total. The van der Waals surface area contributed by atoms with E-state index in [2.05, 4.69) is 17.6 Å². The van der Waals surface area contributed by atoms with Crippen LogP contribution >= 0.6 is 0 Å². The molecule has 0 saturated heterocycles. The predicted octanol–water partition coefficient (Wildman–Crippen LogP) is 5.67. The van der Waals surface area contributed by atoms with E-state index in [1.807, 2.05) is 54.6 Å². The Kier molecular flexibility index (Phi) is 5.42. The van der Waals surface area contributed by atoms with E-state index >= 15 is 0 Å². The van der Waals surface area contributed by atoms with E-state index in [1.165, 1.54) is 0 Å². The van der Waals surface area contributed by atoms with Crippen LogP contribution in [0.1, 0.15) is 13.3 Å². The molecule has 0 aliphatic heterocycles. The summed E-state index contributed by atoms with van der Waals surface area (Å²) >= 11 is 0. The third kappa shape index (κ3) is 4.67. The van der Waals surface area contributed by atoms with Crippen LogP contribution < -0.4 is 15.4 Å². The molecular weight excluding hydrogens is 312 g/mol. The number of benzene rings is 3. The van der Waals surface area contributed by atoms with Gasteiger partial charge in [-0.3, -0.25) is 0 Å². The van der Waals surface area contributed by atoms with Crippen LogP contribution in [0.3, 0.4) is 0 Å². The van der Waals surface area contributed by atoms with Gasteiger partial charge in [0.2, 0.25) is 0 Å². The number of anilines is 4. The molecule has 0 aliphatic rings. The van der Waals surface area contributed by atoms with Crippen molar-refractivity contribution in [1.82, 2.24) is 0 Å². The minimum atomic E-state index is 0.243. The van der Waals surface area contributed by atoms with E-state index in [0.29, 0.717) is 6.61 Å². The van der Waals surface area contributed by atoms with Gasteiger partial charge in [-0.1, -0.05) is 25.1 Å². The zero-order valence-electron chi connectivity index (χ0n) is 14.2. The van der Waals surface area contributed by atoms with Crippen molar-refractivity contribution in [1.29, 1.82) is 0 Å². The number of hydrogen-bond donors (Lipinski definition) is 3. The fourth-order valence-electron chi connectivity index (χ4n) is 2.45. The summed E-state index contributed by atoms with van der Waals surface area (Å²) < 4.78 is 5.77. The molecule has 0 saturated carbocycles. The average Bonchev–Trinajstić information content (AvgIpc) is 2.63. The fourth-order valence-corrected chi connectivity index (χ4v) is 2.45. The molecule has 128 valence electrons. The topological polar surface area (TPSA) is 53.5 Å². The van der Waals surface area contributed by atoms with Gasteiger partial charge in [0.1, 0.15) is 11.5 Å². The van der Waals surface area contributed by atoms with Crippen LogP contribution in [0.2, 0.25) is 0 Å². The normalized spacial score (nSPS) is 10.3. The Labute approximate surface area is 148 Å². The van der Waals surface area contributed by atoms with Crippen LogP contribution in [0.25, 0.3) is 0 Å². The summed E-state index contributed by atoms with van der Waals surface area (Å²) in [4.78, 5) is 0. The minimum Gasteiger partial charge on any atom is -0.508 e. The number of phenols is 1. The van der Waals surface area contributed by atoms with Gasteiger partial charge < -0.3 is 20.5 Å². The largest absolute Gasteiger partial charge is 0.508 e. The Balaban J connectivity index is 1.69. The average molecular weight is 334 g/mol. The van der Waals surface area contributed by atoms with Gasteiger partial charge in [0.15, 0.2) is 0 Å². The van der Waals surface area contributed by atoms with Crippen molar-refractivity contribution in [3.05, 3.63) is 72.8 Å². The highest BCUT2D eigenvalue weighted by molar-refractivity contribution is 5.69. The molecule has 0 aliphatic carbocycles. The maximum absolute atomic E-state index is 9.52. The number of hydrogen-bond acceptors (Lipinski definition) is 4. The van der Waals surface area contributed by atoms with Crippen molar-refractivity contribution < 1.29 is 9.84 Å². The maximum Gasteiger partial charge on any atom is 0.142 e. The predicted molar refractivity (Wildman–Crippen MR) is 103 cm³/mol. The smallest absolute Gasteiger partial charge is 0.142 e. The molecule has 0 fully saturated rings. The Hall–Kier alpha value is -3.14. The Morgan fingerprint density at radius 1 is 0.800 bits per heavy atom. The van der Waals surface area contributed by atoms with E-state index in [9.17, 15) is 5.11 Å². The lowest BCUT2D eigenvalue weighted by molar-refractivity contribution is 0.319. The van der Waals surface area contributed by atoms with Crippen molar-refractivity contribution in [3.8, 4) is 11.5 Å². The van der Waals surface area contributed by atoms with Gasteiger partial charge in [-0.05, 0) is 55.0 Å². The lowest BCUT2D eigenvalue weighted by Crippen LogP contribution is -1.99. The molecule has 0 atom stereocenters. The summed E-state index contributed by atoms with van der Waals surface area (Å²) in [6, 6.07) is 23.0. The first kappa shape index (κ1) is 16.7. The minimum absolute atomic E-state index is 0.243. The number of nitrogens with one attached hydrogen (secondary N) is 2. The molecule has 0 bridgehead atoms. The first-order valence-electron chi connectivity index (χ1n) is 8.39. The van der Waals surface area contributed by atoms with Crippen LogP contribution in [0.4, 0.5) is 22.7 Å². The quantitative estimate of drug-likeness (QED) is 0.521. The third-order valence-electron chi connectivity index (χ3n) is 3.65. The van der Waals surface area contributed by atoms with Gasteiger partial charge in [0.05, 0.1) is 12.3 Å². The molecule has 0 spiro atoms. The first-order chi connectivity index (χ1) is 12.2. The van der Waals surface area contributed by atoms with Gasteiger partial charge in [-0.15, -0.1) is 0 Å². The molecule has 4 nitrogen and oxygen atoms in total. The molecule has 4 heteroatoms. The zero-order chi connectivity index (χ0) is 17.5. The summed E-state index contributed by atoms with van der Waals surface area (Å²) in [5.41, 5.74) is 3.73. The molecule has 0 amide bonds. The number of ether oxygens (including phenoxy) is 1. The molecule has 0 unspecified atom stereocenters. The van der Waals surface area contributed by atoms with Gasteiger partial charge in [-0.2, -0.15) is 0 Å². The lowest BCUT2D eigenvalue weighted by Gasteiger charge is -2.13. The Morgan fingerprint density at radius 2 is 1.52 bits per heavy atom. The summed E-state index contributed by atoms with van der Waals surface area (Å²) in [7, 11) is 0. The van der Waals surface area contributed by atoms with Crippen LogP contribution in [0.5, 0.6) is 11.5 Å². The molecular formula is C21H22N2O2. The van der Waals surface area contributed by atoms with Crippen LogP contribution in [0.15, 0.2) is 72.8 Å². The number of aromatic hydroxyl groups is 1. The highest BCUT2D eigenvalue weighted by Crippen LogP contribution is 2.28. The maximum atomic E-state index is 9.52. The second-order valence-electron chi connectivity index (χ2n) is 5.72. The zero-order valence-corrected chi connectivity index (χ0v) is 14.2. The summed E-state index contributed by atoms with van der Waals surface area (Å²) in [6.45, 7) is 2.79. The van der Waals surface area contributed by atoms with E-state index in [-0.39, 0.29) is 5.75 Å². The van der Waals surface area contributed by atoms with E-state index < -0.39 is 0 Å². The van der Waals surface area contributed by atoms with E-state index in [0.717, 1.165) is 34.9 Å². The van der Waals surface area contributed by atoms with Gasteiger partial charge in [-0.25, -0.2) is 0 Å². The van der Waals surface area contributed by atoms with E-state index in [1.54, 1.807) is 18.2 Å². The SMILES string of the molecule is CCCOc1ccccc1Nc1ccc(Nc2cccc(O)c2)cc1. The first-order valence-corrected chi connectivity index (χ1v) is 8.39. The molecule has 25 heavy (non-hydrogen) atoms. The monoisotopic (exact) mass is 334 g/mol. The molecule has 3 aromatic rings. The lowest BCUT2D eigenvalue weighted by atomic mass is 10.2. The summed E-state index contributed by atoms with van der Waals surface area (Å²) in [5, 5.41) is 16.2. The fraction of sp³-hybridized carbons (Fsp3) is 0.143. The number of rotatable bonds is 7. The standard InChI is InChI=1S/C21H22N2O2/c1-2-14-25-21-9-4-3-8-20(21)23-17-12-10-16(11-13-17)22-18-6-5-7-19(24)15-18/h3-13,15,22-24H,2,14H2,1H3. The highest BCUT2D eigenvalue weighted by Gasteiger charge is 2.03. The third-order valence-corrected chi connectivity index (χ3v) is 3.65. The van der Waals surface area contributed by atoms with Crippen molar-refractivity contribution in [2.24, 2.45) is 0 Å². The van der Waals surface area contributed by atoms with Gasteiger partial charge >= 0.3 is 0 Å². The van der Waals surface area contributed by atoms with Gasteiger partial charge in [0.25, 0.3) is 0 Å². The van der Waals surface area contributed by atoms with Crippen molar-refractivity contribution in [2.45, 2.75) is 13.3 Å². The number of para-hydroxylation sites is 2. The molecule has 0 heterocycles. The Bertz CT molecular complexity index is 816. The highest BCUT2D eigenvalue weighted by atomic mass is 16.5. The number of phenolic OH excluding ortho intramolecular Hbond substituents is 1. The summed E-state index contributed by atoms with van der Waals surface area (Å²) in [5.74, 6) is 1.10. The Morgan fingerprint density at radius 3 is 2.24 bits per heavy atom. The molecule has 0 radical (unpaired) electrons. The second-order valence-corrected chi connectivity index (χ2v) is 5.72. The van der Waals surface area contributed by atoms with Crippen molar-refractivity contribution in [2.75, 3.05) is 17.2 Å². The van der Waals surface area contributed by atoms with Crippen molar-refractivity contribution in [3.63, 3.8) is 0 Å². The van der Waals surface area contributed by atoms with Crippen LogP contribution in [-0.4, -0.2) is 11.7 Å². The van der Waals surface area contributed by atoms with Gasteiger partial charge in [0, 0.05) is 23.1 Å². The molecule has 0 aromatic heterocycles.